The molecule has 1 aromatic heterocycles. The number of carbonyl (C=O) groups is 1. The van der Waals surface area contributed by atoms with Gasteiger partial charge in [0.2, 0.25) is 0 Å². The molecule has 162 valence electrons. The van der Waals surface area contributed by atoms with E-state index in [0.717, 1.165) is 24.6 Å². The number of nitrogens with one attached hydrogen (secondary N) is 3. The van der Waals surface area contributed by atoms with Gasteiger partial charge >= 0.3 is 6.03 Å². The molecule has 0 fully saturated rings. The molecule has 3 N–H and O–H groups in total. The van der Waals surface area contributed by atoms with E-state index in [1.165, 1.54) is 18.2 Å². The Labute approximate surface area is 185 Å². The van der Waals surface area contributed by atoms with E-state index >= 15 is 0 Å². The Morgan fingerprint density at radius 3 is 2.23 bits per heavy atom. The molecule has 31 heavy (non-hydrogen) atoms. The lowest BCUT2D eigenvalue weighted by atomic mass is 10.2. The molecule has 2 aromatic carbocycles. The van der Waals surface area contributed by atoms with Crippen LogP contribution in [-0.4, -0.2) is 29.1 Å². The number of rotatable bonds is 7. The molecule has 0 atom stereocenters. The number of halogens is 2. The summed E-state index contributed by atoms with van der Waals surface area (Å²) < 4.78 is 13.2. The Bertz CT molecular complexity index is 1060. The summed E-state index contributed by atoms with van der Waals surface area (Å²) >= 11 is 5.73. The van der Waals surface area contributed by atoms with E-state index in [2.05, 4.69) is 44.7 Å². The van der Waals surface area contributed by atoms with Gasteiger partial charge in [-0.05, 0) is 63.2 Å². The molecule has 0 unspecified atom stereocenters. The smallest absolute Gasteiger partial charge is 0.323 e. The van der Waals surface area contributed by atoms with Crippen LogP contribution < -0.4 is 20.9 Å². The fourth-order valence-corrected chi connectivity index (χ4v) is 3.16. The fourth-order valence-electron chi connectivity index (χ4n) is 2.98. The predicted octanol–water partition coefficient (Wildman–Crippen LogP) is 5.81. The molecular formula is C22H24ClFN6O. The van der Waals surface area contributed by atoms with Gasteiger partial charge in [-0.25, -0.2) is 19.2 Å². The molecule has 0 bridgehead atoms. The van der Waals surface area contributed by atoms with Gasteiger partial charge < -0.3 is 20.9 Å². The largest absolute Gasteiger partial charge is 0.357 e. The molecule has 0 spiro atoms. The number of carbonyl (C=O) groups excluding carboxylic acids is 1. The Kier molecular flexibility index (Phi) is 7.25. The number of aryl methyl sites for hydroxylation is 1. The maximum absolute atomic E-state index is 13.2. The maximum atomic E-state index is 13.2. The van der Waals surface area contributed by atoms with Gasteiger partial charge in [0.1, 0.15) is 23.3 Å². The van der Waals surface area contributed by atoms with E-state index in [9.17, 15) is 9.18 Å². The molecule has 0 saturated heterocycles. The molecule has 7 nitrogen and oxygen atoms in total. The van der Waals surface area contributed by atoms with Crippen LogP contribution in [0.1, 0.15) is 19.7 Å². The van der Waals surface area contributed by atoms with Crippen molar-refractivity contribution in [1.82, 2.24) is 9.97 Å². The summed E-state index contributed by atoms with van der Waals surface area (Å²) in [6.45, 7) is 7.75. The second-order valence-corrected chi connectivity index (χ2v) is 7.15. The van der Waals surface area contributed by atoms with Crippen molar-refractivity contribution in [3.05, 3.63) is 65.2 Å². The van der Waals surface area contributed by atoms with Crippen LogP contribution in [0.3, 0.4) is 0 Å². The number of anilines is 5. The minimum Gasteiger partial charge on any atom is -0.357 e. The van der Waals surface area contributed by atoms with Crippen molar-refractivity contribution in [3.8, 4) is 0 Å². The van der Waals surface area contributed by atoms with Gasteiger partial charge in [0, 0.05) is 36.2 Å². The minimum atomic E-state index is -0.543. The third kappa shape index (κ3) is 6.05. The number of benzene rings is 2. The number of hydrogen-bond acceptors (Lipinski definition) is 5. The van der Waals surface area contributed by atoms with Crippen molar-refractivity contribution in [3.63, 3.8) is 0 Å². The van der Waals surface area contributed by atoms with Gasteiger partial charge in [-0.3, -0.25) is 0 Å². The number of aromatic nitrogens is 2. The molecule has 0 saturated carbocycles. The molecule has 3 rings (SSSR count). The first-order chi connectivity index (χ1) is 14.9. The number of hydrogen-bond donors (Lipinski definition) is 3. The first kappa shape index (κ1) is 22.3. The minimum absolute atomic E-state index is 0.0580. The van der Waals surface area contributed by atoms with E-state index < -0.39 is 11.8 Å². The molecule has 0 aliphatic heterocycles. The highest BCUT2D eigenvalue weighted by Crippen LogP contribution is 2.22. The standard InChI is InChI=1S/C22H24ClFN6O/c1-4-30(5-2)21-13-20(25-14(3)26-21)27-15-6-8-16(9-7-15)28-22(31)29-17-10-11-19(24)18(23)12-17/h6-13H,4-5H2,1-3H3,(H,25,26,27)(H2,28,29,31). The third-order valence-electron chi connectivity index (χ3n) is 4.50. The molecule has 3 aromatic rings. The molecule has 1 heterocycles. The quantitative estimate of drug-likeness (QED) is 0.430. The highest BCUT2D eigenvalue weighted by atomic mass is 35.5. The van der Waals surface area contributed by atoms with E-state index in [1.807, 2.05) is 25.1 Å². The van der Waals surface area contributed by atoms with Gasteiger partial charge in [0.15, 0.2) is 0 Å². The monoisotopic (exact) mass is 442 g/mol. The summed E-state index contributed by atoms with van der Waals surface area (Å²) in [6, 6.07) is 12.6. The summed E-state index contributed by atoms with van der Waals surface area (Å²) in [5, 5.41) is 8.53. The van der Waals surface area contributed by atoms with Gasteiger partial charge in [-0.15, -0.1) is 0 Å². The van der Waals surface area contributed by atoms with Crippen LogP contribution in [0, 0.1) is 12.7 Å². The number of urea groups is 1. The predicted molar refractivity (Wildman–Crippen MR) is 124 cm³/mol. The van der Waals surface area contributed by atoms with Crippen molar-refractivity contribution >= 4 is 46.3 Å². The number of amides is 2. The second kappa shape index (κ2) is 10.1. The van der Waals surface area contributed by atoms with Gasteiger partial charge in [0.05, 0.1) is 5.02 Å². The van der Waals surface area contributed by atoms with Crippen LogP contribution >= 0.6 is 11.6 Å². The van der Waals surface area contributed by atoms with Crippen molar-refractivity contribution in [2.75, 3.05) is 33.9 Å². The summed E-state index contributed by atoms with van der Waals surface area (Å²) in [5.41, 5.74) is 1.81. The lowest BCUT2D eigenvalue weighted by Gasteiger charge is -2.20. The van der Waals surface area contributed by atoms with Crippen LogP contribution in [0.5, 0.6) is 0 Å². The molecular weight excluding hydrogens is 419 g/mol. The van der Waals surface area contributed by atoms with E-state index in [1.54, 1.807) is 12.1 Å². The average molecular weight is 443 g/mol. The van der Waals surface area contributed by atoms with Crippen LogP contribution in [-0.2, 0) is 0 Å². The Morgan fingerprint density at radius 1 is 0.968 bits per heavy atom. The van der Waals surface area contributed by atoms with Gasteiger partial charge in [-0.2, -0.15) is 0 Å². The lowest BCUT2D eigenvalue weighted by Crippen LogP contribution is -2.23. The Morgan fingerprint density at radius 2 is 1.58 bits per heavy atom. The first-order valence-corrected chi connectivity index (χ1v) is 10.3. The molecule has 0 radical (unpaired) electrons. The SMILES string of the molecule is CCN(CC)c1cc(Nc2ccc(NC(=O)Nc3ccc(F)c(Cl)c3)cc2)nc(C)n1. The second-order valence-electron chi connectivity index (χ2n) is 6.74. The van der Waals surface area contributed by atoms with E-state index in [-0.39, 0.29) is 5.02 Å². The zero-order valence-electron chi connectivity index (χ0n) is 17.5. The van der Waals surface area contributed by atoms with Crippen LogP contribution in [0.25, 0.3) is 0 Å². The maximum Gasteiger partial charge on any atom is 0.323 e. The summed E-state index contributed by atoms with van der Waals surface area (Å²) in [5.74, 6) is 1.71. The van der Waals surface area contributed by atoms with Crippen molar-refractivity contribution in [1.29, 1.82) is 0 Å². The van der Waals surface area contributed by atoms with Crippen LogP contribution in [0.2, 0.25) is 5.02 Å². The van der Waals surface area contributed by atoms with Crippen molar-refractivity contribution in [2.45, 2.75) is 20.8 Å². The third-order valence-corrected chi connectivity index (χ3v) is 4.79. The molecule has 0 aliphatic carbocycles. The molecule has 2 amide bonds. The normalized spacial score (nSPS) is 10.5. The summed E-state index contributed by atoms with van der Waals surface area (Å²) in [4.78, 5) is 23.3. The first-order valence-electron chi connectivity index (χ1n) is 9.88. The highest BCUT2D eigenvalue weighted by Gasteiger charge is 2.09. The summed E-state index contributed by atoms with van der Waals surface area (Å²) in [7, 11) is 0. The van der Waals surface area contributed by atoms with Crippen LogP contribution in [0.4, 0.5) is 37.9 Å². The zero-order chi connectivity index (χ0) is 22.4. The topological polar surface area (TPSA) is 82.2 Å². The average Bonchev–Trinajstić information content (AvgIpc) is 2.73. The molecule has 9 heteroatoms. The number of nitrogens with zero attached hydrogens (tertiary/aromatic N) is 3. The van der Waals surface area contributed by atoms with Crippen molar-refractivity contribution in [2.24, 2.45) is 0 Å². The van der Waals surface area contributed by atoms with E-state index in [0.29, 0.717) is 23.0 Å². The lowest BCUT2D eigenvalue weighted by molar-refractivity contribution is 0.262. The van der Waals surface area contributed by atoms with E-state index in [4.69, 9.17) is 11.6 Å². The molecule has 0 aliphatic rings. The van der Waals surface area contributed by atoms with Crippen molar-refractivity contribution < 1.29 is 9.18 Å². The van der Waals surface area contributed by atoms with Gasteiger partial charge in [-0.1, -0.05) is 11.6 Å². The zero-order valence-corrected chi connectivity index (χ0v) is 18.3. The van der Waals surface area contributed by atoms with Gasteiger partial charge in [0.25, 0.3) is 0 Å². The summed E-state index contributed by atoms with van der Waals surface area (Å²) in [6.07, 6.45) is 0. The fraction of sp³-hybridized carbons (Fsp3) is 0.227. The Balaban J connectivity index is 1.63. The van der Waals surface area contributed by atoms with Crippen LogP contribution in [0.15, 0.2) is 48.5 Å². The highest BCUT2D eigenvalue weighted by molar-refractivity contribution is 6.31. The Hall–Kier alpha value is -3.39.